The molecule has 0 unspecified atom stereocenters. The largest absolute Gasteiger partial charge is 0.360 e. The average molecular weight is 387 g/mol. The van der Waals surface area contributed by atoms with Crippen LogP contribution in [-0.4, -0.2) is 42.4 Å². The van der Waals surface area contributed by atoms with Gasteiger partial charge < -0.3 is 5.32 Å². The van der Waals surface area contributed by atoms with Gasteiger partial charge in [-0.15, -0.1) is 10.2 Å². The van der Waals surface area contributed by atoms with Gasteiger partial charge in [0.2, 0.25) is 15.2 Å². The summed E-state index contributed by atoms with van der Waals surface area (Å²) in [5, 5.41) is 11.5. The van der Waals surface area contributed by atoms with Crippen molar-refractivity contribution in [2.75, 3.05) is 22.8 Å². The van der Waals surface area contributed by atoms with Crippen LogP contribution in [0.25, 0.3) is 0 Å². The Morgan fingerprint density at radius 3 is 2.54 bits per heavy atom. The molecule has 1 atom stereocenters. The van der Waals surface area contributed by atoms with Crippen molar-refractivity contribution in [2.45, 2.75) is 23.4 Å². The third-order valence-corrected chi connectivity index (χ3v) is 5.53. The molecule has 2 rings (SSSR count). The molecule has 7 nitrogen and oxygen atoms in total. The van der Waals surface area contributed by atoms with Crippen molar-refractivity contribution in [1.29, 1.82) is 0 Å². The van der Waals surface area contributed by atoms with Gasteiger partial charge in [0, 0.05) is 17.8 Å². The molecule has 0 saturated carbocycles. The van der Waals surface area contributed by atoms with E-state index < -0.39 is 10.0 Å². The molecule has 1 aromatic heterocycles. The summed E-state index contributed by atoms with van der Waals surface area (Å²) in [7, 11) is -3.33. The van der Waals surface area contributed by atoms with Crippen LogP contribution in [0.1, 0.15) is 24.2 Å². The molecule has 0 aliphatic rings. The SMILES string of the molecule is CCNc1nnc(S[C@H](C)C(=O)c2ccc(NS(C)(=O)=O)cc2)s1. The predicted octanol–water partition coefficient (Wildman–Crippen LogP) is 2.70. The number of nitrogens with one attached hydrogen (secondary N) is 2. The van der Waals surface area contributed by atoms with Gasteiger partial charge in [-0.05, 0) is 38.1 Å². The molecule has 0 aliphatic carbocycles. The van der Waals surface area contributed by atoms with Gasteiger partial charge in [-0.3, -0.25) is 9.52 Å². The van der Waals surface area contributed by atoms with Crippen LogP contribution in [0.4, 0.5) is 10.8 Å². The number of thioether (sulfide) groups is 1. The van der Waals surface area contributed by atoms with Crippen LogP contribution in [0.5, 0.6) is 0 Å². The second-order valence-corrected chi connectivity index (χ2v) is 9.29. The lowest BCUT2D eigenvalue weighted by atomic mass is 10.1. The van der Waals surface area contributed by atoms with Crippen LogP contribution in [-0.2, 0) is 10.0 Å². The highest BCUT2D eigenvalue weighted by Crippen LogP contribution is 2.30. The number of nitrogens with zero attached hydrogens (tertiary/aromatic N) is 2. The van der Waals surface area contributed by atoms with E-state index in [9.17, 15) is 13.2 Å². The minimum absolute atomic E-state index is 0.0499. The molecule has 0 saturated heterocycles. The van der Waals surface area contributed by atoms with E-state index in [4.69, 9.17) is 0 Å². The fourth-order valence-electron chi connectivity index (χ4n) is 1.84. The van der Waals surface area contributed by atoms with Crippen molar-refractivity contribution in [3.8, 4) is 0 Å². The Morgan fingerprint density at radius 2 is 1.96 bits per heavy atom. The second-order valence-electron chi connectivity index (χ2n) is 4.98. The number of hydrogen-bond acceptors (Lipinski definition) is 8. The van der Waals surface area contributed by atoms with E-state index in [1.54, 1.807) is 24.3 Å². The summed E-state index contributed by atoms with van der Waals surface area (Å²) in [5.41, 5.74) is 0.944. The fraction of sp³-hybridized carbons (Fsp3) is 0.357. The number of ketones is 1. The van der Waals surface area contributed by atoms with Crippen molar-refractivity contribution < 1.29 is 13.2 Å². The topological polar surface area (TPSA) is 101 Å². The van der Waals surface area contributed by atoms with Crippen LogP contribution >= 0.6 is 23.1 Å². The van der Waals surface area contributed by atoms with Gasteiger partial charge in [0.1, 0.15) is 0 Å². The Bertz CT molecular complexity index is 803. The molecule has 1 heterocycles. The maximum atomic E-state index is 12.5. The molecule has 2 N–H and O–H groups in total. The zero-order valence-corrected chi connectivity index (χ0v) is 15.9. The number of sulfonamides is 1. The Labute approximate surface area is 149 Å². The van der Waals surface area contributed by atoms with Crippen molar-refractivity contribution in [2.24, 2.45) is 0 Å². The Balaban J connectivity index is 2.01. The van der Waals surface area contributed by atoms with Crippen LogP contribution < -0.4 is 10.0 Å². The van der Waals surface area contributed by atoms with Gasteiger partial charge in [0.15, 0.2) is 10.1 Å². The van der Waals surface area contributed by atoms with E-state index in [-0.39, 0.29) is 11.0 Å². The van der Waals surface area contributed by atoms with Crippen molar-refractivity contribution in [1.82, 2.24) is 10.2 Å². The third-order valence-electron chi connectivity index (χ3n) is 2.85. The molecular weight excluding hydrogens is 368 g/mol. The van der Waals surface area contributed by atoms with Crippen LogP contribution in [0.15, 0.2) is 28.6 Å². The minimum Gasteiger partial charge on any atom is -0.360 e. The summed E-state index contributed by atoms with van der Waals surface area (Å²) in [5.74, 6) is -0.0499. The normalized spacial score (nSPS) is 12.6. The smallest absolute Gasteiger partial charge is 0.229 e. The number of carbonyl (C=O) groups is 1. The molecule has 0 spiro atoms. The molecular formula is C14H18N4O3S3. The zero-order chi connectivity index (χ0) is 17.7. The molecule has 0 amide bonds. The van der Waals surface area contributed by atoms with Gasteiger partial charge in [-0.2, -0.15) is 0 Å². The van der Waals surface area contributed by atoms with E-state index in [2.05, 4.69) is 20.2 Å². The van der Waals surface area contributed by atoms with Gasteiger partial charge in [0.25, 0.3) is 0 Å². The maximum absolute atomic E-state index is 12.5. The number of rotatable bonds is 8. The van der Waals surface area contributed by atoms with Crippen LogP contribution in [0.3, 0.4) is 0 Å². The van der Waals surface area contributed by atoms with E-state index >= 15 is 0 Å². The highest BCUT2D eigenvalue weighted by atomic mass is 32.2. The summed E-state index contributed by atoms with van der Waals surface area (Å²) >= 11 is 2.76. The first-order chi connectivity index (χ1) is 11.3. The van der Waals surface area contributed by atoms with E-state index in [1.807, 2.05) is 13.8 Å². The molecule has 0 aliphatic heterocycles. The summed E-state index contributed by atoms with van der Waals surface area (Å²) in [6.45, 7) is 4.55. The summed E-state index contributed by atoms with van der Waals surface area (Å²) in [6.07, 6.45) is 1.08. The lowest BCUT2D eigenvalue weighted by molar-refractivity contribution is 0.0994. The molecule has 24 heavy (non-hydrogen) atoms. The number of benzene rings is 1. The molecule has 0 fully saturated rings. The number of hydrogen-bond donors (Lipinski definition) is 2. The molecule has 2 aromatic rings. The minimum atomic E-state index is -3.33. The van der Waals surface area contributed by atoms with E-state index in [0.29, 0.717) is 11.3 Å². The van der Waals surface area contributed by atoms with Gasteiger partial charge in [-0.1, -0.05) is 23.1 Å². The molecule has 0 bridgehead atoms. The molecule has 1 aromatic carbocycles. The Hall–Kier alpha value is -1.65. The summed E-state index contributed by atoms with van der Waals surface area (Å²) < 4.78 is 25.4. The van der Waals surface area contributed by atoms with Crippen molar-refractivity contribution in [3.63, 3.8) is 0 Å². The second kappa shape index (κ2) is 7.95. The lowest BCUT2D eigenvalue weighted by Gasteiger charge is -2.09. The highest BCUT2D eigenvalue weighted by Gasteiger charge is 2.19. The van der Waals surface area contributed by atoms with E-state index in [0.717, 1.165) is 22.3 Å². The summed E-state index contributed by atoms with van der Waals surface area (Å²) in [6, 6.07) is 6.36. The Morgan fingerprint density at radius 1 is 1.29 bits per heavy atom. The van der Waals surface area contributed by atoms with Crippen molar-refractivity contribution >= 4 is 49.7 Å². The van der Waals surface area contributed by atoms with Gasteiger partial charge in [-0.25, -0.2) is 8.42 Å². The number of carbonyl (C=O) groups excluding carboxylic acids is 1. The maximum Gasteiger partial charge on any atom is 0.229 e. The first-order valence-corrected chi connectivity index (χ1v) is 10.7. The first-order valence-electron chi connectivity index (χ1n) is 7.14. The van der Waals surface area contributed by atoms with Crippen LogP contribution in [0, 0.1) is 0 Å². The number of anilines is 2. The monoisotopic (exact) mass is 386 g/mol. The first kappa shape index (κ1) is 18.7. The zero-order valence-electron chi connectivity index (χ0n) is 13.4. The van der Waals surface area contributed by atoms with Gasteiger partial charge in [0.05, 0.1) is 11.5 Å². The Kier molecular flexibility index (Phi) is 6.19. The van der Waals surface area contributed by atoms with Gasteiger partial charge >= 0.3 is 0 Å². The molecule has 10 heteroatoms. The molecule has 0 radical (unpaired) electrons. The van der Waals surface area contributed by atoms with Crippen molar-refractivity contribution in [3.05, 3.63) is 29.8 Å². The number of aromatic nitrogens is 2. The third kappa shape index (κ3) is 5.46. The van der Waals surface area contributed by atoms with Crippen LogP contribution in [0.2, 0.25) is 0 Å². The fourth-order valence-corrected chi connectivity index (χ4v) is 4.44. The highest BCUT2D eigenvalue weighted by molar-refractivity contribution is 8.02. The summed E-state index contributed by atoms with van der Waals surface area (Å²) in [4.78, 5) is 12.5. The molecule has 130 valence electrons. The number of Topliss-reactive ketones (excluding diaryl/α,β-unsaturated/α-hetero) is 1. The predicted molar refractivity (Wildman–Crippen MR) is 98.6 cm³/mol. The quantitative estimate of drug-likeness (QED) is 0.531. The van der Waals surface area contributed by atoms with E-state index in [1.165, 1.54) is 23.1 Å². The lowest BCUT2D eigenvalue weighted by Crippen LogP contribution is -2.14. The average Bonchev–Trinajstić information content (AvgIpc) is 2.93. The standard InChI is InChI=1S/C14H18N4O3S3/c1-4-15-13-16-17-14(23-13)22-9(2)12(19)10-5-7-11(8-6-10)18-24(3,20)21/h5-9,18H,4H2,1-3H3,(H,15,16)/t9-/m1/s1.